The Morgan fingerprint density at radius 1 is 1.18 bits per heavy atom. The van der Waals surface area contributed by atoms with Crippen molar-refractivity contribution in [3.8, 4) is 0 Å². The standard InChI is InChI=1S/C10H14Cl2N2O2S/c1-14(2)4-3-13-17(15,16)10-6-8(11)5-9(12)7-10/h5-7,13H,3-4H2,1-2H3/p+1. The normalized spacial score (nSPS) is 12.1. The van der Waals surface area contributed by atoms with Crippen molar-refractivity contribution in [1.82, 2.24) is 4.72 Å². The van der Waals surface area contributed by atoms with Crippen molar-refractivity contribution in [1.29, 1.82) is 0 Å². The second-order valence-electron chi connectivity index (χ2n) is 3.96. The van der Waals surface area contributed by atoms with Crippen LogP contribution in [0.3, 0.4) is 0 Å². The van der Waals surface area contributed by atoms with Crippen LogP contribution in [-0.4, -0.2) is 35.6 Å². The number of hydrogen-bond donors (Lipinski definition) is 2. The zero-order valence-electron chi connectivity index (χ0n) is 9.63. The van der Waals surface area contributed by atoms with Crippen LogP contribution in [0.15, 0.2) is 23.1 Å². The first-order valence-corrected chi connectivity index (χ1v) is 7.30. The summed E-state index contributed by atoms with van der Waals surface area (Å²) in [5.41, 5.74) is 0. The lowest BCUT2D eigenvalue weighted by Crippen LogP contribution is -3.06. The van der Waals surface area contributed by atoms with E-state index in [4.69, 9.17) is 23.2 Å². The summed E-state index contributed by atoms with van der Waals surface area (Å²) in [7, 11) is 0.365. The van der Waals surface area contributed by atoms with E-state index in [0.717, 1.165) is 4.90 Å². The third kappa shape index (κ3) is 4.81. The zero-order valence-corrected chi connectivity index (χ0v) is 12.0. The molecule has 0 unspecified atom stereocenters. The molecule has 0 bridgehead atoms. The molecule has 96 valence electrons. The minimum Gasteiger partial charge on any atom is -0.339 e. The predicted octanol–water partition coefficient (Wildman–Crippen LogP) is 0.416. The highest BCUT2D eigenvalue weighted by molar-refractivity contribution is 7.89. The number of sulfonamides is 1. The van der Waals surface area contributed by atoms with E-state index in [9.17, 15) is 8.42 Å². The van der Waals surface area contributed by atoms with Crippen LogP contribution in [0.5, 0.6) is 0 Å². The Morgan fingerprint density at radius 2 is 1.71 bits per heavy atom. The van der Waals surface area contributed by atoms with Crippen molar-refractivity contribution in [2.24, 2.45) is 0 Å². The molecule has 1 aromatic carbocycles. The van der Waals surface area contributed by atoms with Crippen LogP contribution < -0.4 is 9.62 Å². The lowest BCUT2D eigenvalue weighted by Gasteiger charge is -2.09. The van der Waals surface area contributed by atoms with Gasteiger partial charge in [-0.25, -0.2) is 13.1 Å². The van der Waals surface area contributed by atoms with Crippen LogP contribution in [0, 0.1) is 0 Å². The molecule has 0 heterocycles. The van der Waals surface area contributed by atoms with E-state index in [1.165, 1.54) is 18.2 Å². The Morgan fingerprint density at radius 3 is 2.18 bits per heavy atom. The maximum absolute atomic E-state index is 11.9. The number of likely N-dealkylation sites (N-methyl/N-ethyl adjacent to an activating group) is 1. The largest absolute Gasteiger partial charge is 0.339 e. The summed E-state index contributed by atoms with van der Waals surface area (Å²) in [4.78, 5) is 1.25. The quantitative estimate of drug-likeness (QED) is 0.827. The number of nitrogens with one attached hydrogen (secondary N) is 2. The summed E-state index contributed by atoms with van der Waals surface area (Å²) in [5.74, 6) is 0. The molecular weight excluding hydrogens is 283 g/mol. The molecule has 2 N–H and O–H groups in total. The van der Waals surface area contributed by atoms with Gasteiger partial charge < -0.3 is 4.90 Å². The maximum Gasteiger partial charge on any atom is 0.240 e. The van der Waals surface area contributed by atoms with Gasteiger partial charge in [0.15, 0.2) is 0 Å². The fourth-order valence-corrected chi connectivity index (χ4v) is 2.96. The number of benzene rings is 1. The molecule has 0 aliphatic carbocycles. The molecule has 0 amide bonds. The highest BCUT2D eigenvalue weighted by atomic mass is 35.5. The van der Waals surface area contributed by atoms with Gasteiger partial charge in [0.25, 0.3) is 0 Å². The van der Waals surface area contributed by atoms with Gasteiger partial charge >= 0.3 is 0 Å². The third-order valence-electron chi connectivity index (χ3n) is 2.06. The first-order chi connectivity index (χ1) is 7.81. The maximum atomic E-state index is 11.9. The molecule has 4 nitrogen and oxygen atoms in total. The molecule has 0 radical (unpaired) electrons. The smallest absolute Gasteiger partial charge is 0.240 e. The van der Waals surface area contributed by atoms with Gasteiger partial charge in [0.1, 0.15) is 0 Å². The van der Waals surface area contributed by atoms with Crippen molar-refractivity contribution < 1.29 is 13.3 Å². The van der Waals surface area contributed by atoms with E-state index in [1.54, 1.807) is 0 Å². The van der Waals surface area contributed by atoms with E-state index < -0.39 is 10.0 Å². The van der Waals surface area contributed by atoms with Crippen LogP contribution >= 0.6 is 23.2 Å². The van der Waals surface area contributed by atoms with E-state index in [0.29, 0.717) is 23.1 Å². The monoisotopic (exact) mass is 297 g/mol. The lowest BCUT2D eigenvalue weighted by molar-refractivity contribution is -0.856. The predicted molar refractivity (Wildman–Crippen MR) is 69.3 cm³/mol. The van der Waals surface area contributed by atoms with Gasteiger partial charge in [-0.1, -0.05) is 23.2 Å². The van der Waals surface area contributed by atoms with Crippen molar-refractivity contribution >= 4 is 33.2 Å². The molecule has 0 saturated heterocycles. The molecule has 7 heteroatoms. The Hall–Kier alpha value is -0.330. The van der Waals surface area contributed by atoms with E-state index in [2.05, 4.69) is 4.72 Å². The van der Waals surface area contributed by atoms with Crippen LogP contribution in [0.4, 0.5) is 0 Å². The summed E-state index contributed by atoms with van der Waals surface area (Å²) in [6.45, 7) is 1.07. The Kier molecular flexibility index (Phi) is 5.22. The zero-order chi connectivity index (χ0) is 13.1. The summed E-state index contributed by atoms with van der Waals surface area (Å²) in [6.07, 6.45) is 0. The third-order valence-corrected chi connectivity index (χ3v) is 3.94. The minimum atomic E-state index is -3.53. The van der Waals surface area contributed by atoms with Gasteiger partial charge in [-0.05, 0) is 18.2 Å². The summed E-state index contributed by atoms with van der Waals surface area (Å²) in [6, 6.07) is 4.24. The Bertz CT molecular complexity index is 469. The van der Waals surface area contributed by atoms with Crippen LogP contribution in [0.2, 0.25) is 10.0 Å². The molecule has 0 spiro atoms. The first-order valence-electron chi connectivity index (χ1n) is 5.06. The molecule has 0 aliphatic heterocycles. The van der Waals surface area contributed by atoms with Crippen molar-refractivity contribution in [2.75, 3.05) is 27.2 Å². The summed E-state index contributed by atoms with van der Waals surface area (Å²) in [5, 5.41) is 0.604. The molecule has 17 heavy (non-hydrogen) atoms. The molecular formula is C10H15Cl2N2O2S+. The van der Waals surface area contributed by atoms with Crippen molar-refractivity contribution in [3.05, 3.63) is 28.2 Å². The fourth-order valence-electron chi connectivity index (χ4n) is 1.20. The number of rotatable bonds is 5. The number of halogens is 2. The molecule has 1 rings (SSSR count). The Labute approximate surface area is 112 Å². The van der Waals surface area contributed by atoms with Gasteiger partial charge in [-0.2, -0.15) is 0 Å². The second-order valence-corrected chi connectivity index (χ2v) is 6.60. The van der Waals surface area contributed by atoms with Crippen LogP contribution in [0.25, 0.3) is 0 Å². The molecule has 0 fully saturated rings. The SMILES string of the molecule is C[NH+](C)CCNS(=O)(=O)c1cc(Cl)cc(Cl)c1. The lowest BCUT2D eigenvalue weighted by atomic mass is 10.4. The van der Waals surface area contributed by atoms with E-state index in [-0.39, 0.29) is 4.90 Å². The number of hydrogen-bond acceptors (Lipinski definition) is 2. The van der Waals surface area contributed by atoms with Gasteiger partial charge in [-0.15, -0.1) is 0 Å². The van der Waals surface area contributed by atoms with Gasteiger partial charge in [0.05, 0.1) is 32.1 Å². The van der Waals surface area contributed by atoms with Crippen LogP contribution in [-0.2, 0) is 10.0 Å². The van der Waals surface area contributed by atoms with Crippen molar-refractivity contribution in [2.45, 2.75) is 4.90 Å². The number of quaternary nitrogens is 1. The van der Waals surface area contributed by atoms with E-state index >= 15 is 0 Å². The highest BCUT2D eigenvalue weighted by Gasteiger charge is 2.15. The molecule has 0 aromatic heterocycles. The topological polar surface area (TPSA) is 50.6 Å². The van der Waals surface area contributed by atoms with E-state index in [1.807, 2.05) is 14.1 Å². The first kappa shape index (κ1) is 14.7. The van der Waals surface area contributed by atoms with Crippen LogP contribution in [0.1, 0.15) is 0 Å². The molecule has 1 aromatic rings. The molecule has 0 atom stereocenters. The van der Waals surface area contributed by atoms with Gasteiger partial charge in [0.2, 0.25) is 10.0 Å². The van der Waals surface area contributed by atoms with Crippen molar-refractivity contribution in [3.63, 3.8) is 0 Å². The summed E-state index contributed by atoms with van der Waals surface area (Å²) >= 11 is 11.5. The fraction of sp³-hybridized carbons (Fsp3) is 0.400. The minimum absolute atomic E-state index is 0.0868. The van der Waals surface area contributed by atoms with Gasteiger partial charge in [-0.3, -0.25) is 0 Å². The van der Waals surface area contributed by atoms with Gasteiger partial charge in [0, 0.05) is 10.0 Å². The summed E-state index contributed by atoms with van der Waals surface area (Å²) < 4.78 is 26.3. The average molecular weight is 298 g/mol. The average Bonchev–Trinajstić information content (AvgIpc) is 2.14. The highest BCUT2D eigenvalue weighted by Crippen LogP contribution is 2.21. The molecule has 0 aliphatic rings. The Balaban J connectivity index is 2.82. The second kappa shape index (κ2) is 6.02. The molecule has 0 saturated carbocycles.